The van der Waals surface area contributed by atoms with Crippen LogP contribution in [0, 0.1) is 5.92 Å². The van der Waals surface area contributed by atoms with E-state index < -0.39 is 0 Å². The Balaban J connectivity index is 2.62. The van der Waals surface area contributed by atoms with Gasteiger partial charge in [0.1, 0.15) is 0 Å². The summed E-state index contributed by atoms with van der Waals surface area (Å²) in [5.74, 6) is 1.34. The van der Waals surface area contributed by atoms with E-state index in [0.29, 0.717) is 5.92 Å². The molecule has 0 aliphatic heterocycles. The molecule has 1 atom stereocenters. The minimum Gasteiger partial charge on any atom is -0.316 e. The summed E-state index contributed by atoms with van der Waals surface area (Å²) in [6.07, 6.45) is 2.48. The molecule has 0 aliphatic rings. The van der Waals surface area contributed by atoms with E-state index >= 15 is 0 Å². The van der Waals surface area contributed by atoms with Gasteiger partial charge in [-0.1, -0.05) is 61.3 Å². The lowest BCUT2D eigenvalue weighted by Crippen LogP contribution is -2.25. The zero-order valence-electron chi connectivity index (χ0n) is 11.2. The van der Waals surface area contributed by atoms with E-state index in [4.69, 9.17) is 0 Å². The lowest BCUT2D eigenvalue weighted by molar-refractivity contribution is 0.497. The molecule has 0 amide bonds. The Hall–Kier alpha value is -0.340. The minimum absolute atomic E-state index is 0.620. The Morgan fingerprint density at radius 3 is 2.47 bits per heavy atom. The first-order chi connectivity index (χ1) is 8.15. The molecule has 0 radical (unpaired) electrons. The number of halogens is 1. The summed E-state index contributed by atoms with van der Waals surface area (Å²) in [7, 11) is 0. The molecule has 1 N–H and O–H groups in total. The summed E-state index contributed by atoms with van der Waals surface area (Å²) >= 11 is 3.66. The number of hydrogen-bond donors (Lipinski definition) is 1. The van der Waals surface area contributed by atoms with Crippen LogP contribution in [0.1, 0.15) is 45.1 Å². The van der Waals surface area contributed by atoms with Crippen molar-refractivity contribution in [3.63, 3.8) is 0 Å². The third kappa shape index (κ3) is 5.22. The molecule has 0 heterocycles. The third-order valence-corrected chi connectivity index (χ3v) is 3.65. The van der Waals surface area contributed by atoms with Gasteiger partial charge in [0.25, 0.3) is 0 Å². The molecule has 1 aromatic carbocycles. The van der Waals surface area contributed by atoms with Crippen LogP contribution in [-0.4, -0.2) is 13.1 Å². The first-order valence-electron chi connectivity index (χ1n) is 6.60. The van der Waals surface area contributed by atoms with Gasteiger partial charge in [-0.05, 0) is 36.4 Å². The zero-order chi connectivity index (χ0) is 12.7. The molecule has 0 aliphatic carbocycles. The maximum atomic E-state index is 3.66. The summed E-state index contributed by atoms with van der Waals surface area (Å²) in [5, 5.41) is 3.57. The smallest absolute Gasteiger partial charge is 0.0210 e. The molecule has 1 unspecified atom stereocenters. The van der Waals surface area contributed by atoms with E-state index in [9.17, 15) is 0 Å². The maximum absolute atomic E-state index is 3.66. The van der Waals surface area contributed by atoms with Crippen LogP contribution in [0.25, 0.3) is 0 Å². The standard InChI is InChI=1S/C15H24BrN/c1-4-7-13(11-17-10-12(2)3)14-8-5-6-9-15(14)16/h5-6,8-9,12-13,17H,4,7,10-11H2,1-3H3. The van der Waals surface area contributed by atoms with Gasteiger partial charge in [0.15, 0.2) is 0 Å². The fourth-order valence-electron chi connectivity index (χ4n) is 2.07. The second-order valence-electron chi connectivity index (χ2n) is 5.06. The van der Waals surface area contributed by atoms with E-state index in [-0.39, 0.29) is 0 Å². The second-order valence-corrected chi connectivity index (χ2v) is 5.91. The van der Waals surface area contributed by atoms with Crippen LogP contribution in [0.15, 0.2) is 28.7 Å². The van der Waals surface area contributed by atoms with Gasteiger partial charge in [-0.2, -0.15) is 0 Å². The number of benzene rings is 1. The predicted octanol–water partition coefficient (Wildman–Crippen LogP) is 4.58. The quantitative estimate of drug-likeness (QED) is 0.777. The first kappa shape index (κ1) is 14.7. The highest BCUT2D eigenvalue weighted by molar-refractivity contribution is 9.10. The van der Waals surface area contributed by atoms with Crippen LogP contribution in [0.4, 0.5) is 0 Å². The summed E-state index contributed by atoms with van der Waals surface area (Å²) in [5.41, 5.74) is 1.44. The minimum atomic E-state index is 0.620. The Morgan fingerprint density at radius 1 is 1.18 bits per heavy atom. The summed E-state index contributed by atoms with van der Waals surface area (Å²) < 4.78 is 1.24. The molecule has 0 saturated carbocycles. The van der Waals surface area contributed by atoms with Gasteiger partial charge in [0.05, 0.1) is 0 Å². The summed E-state index contributed by atoms with van der Waals surface area (Å²) in [6, 6.07) is 8.59. The molecule has 0 aromatic heterocycles. The largest absolute Gasteiger partial charge is 0.316 e. The lowest BCUT2D eigenvalue weighted by Gasteiger charge is -2.19. The van der Waals surface area contributed by atoms with Crippen LogP contribution in [0.2, 0.25) is 0 Å². The van der Waals surface area contributed by atoms with Gasteiger partial charge in [0, 0.05) is 11.0 Å². The molecule has 1 aromatic rings. The third-order valence-electron chi connectivity index (χ3n) is 2.93. The Labute approximate surface area is 114 Å². The Morgan fingerprint density at radius 2 is 1.88 bits per heavy atom. The van der Waals surface area contributed by atoms with Crippen molar-refractivity contribution in [2.75, 3.05) is 13.1 Å². The Kier molecular flexibility index (Phi) is 6.83. The fourth-order valence-corrected chi connectivity index (χ4v) is 2.68. The number of hydrogen-bond acceptors (Lipinski definition) is 1. The molecular weight excluding hydrogens is 274 g/mol. The molecule has 1 nitrogen and oxygen atoms in total. The van der Waals surface area contributed by atoms with E-state index in [1.165, 1.54) is 22.9 Å². The highest BCUT2D eigenvalue weighted by Gasteiger charge is 2.13. The van der Waals surface area contributed by atoms with E-state index in [0.717, 1.165) is 19.0 Å². The van der Waals surface area contributed by atoms with Gasteiger partial charge in [0.2, 0.25) is 0 Å². The van der Waals surface area contributed by atoms with E-state index in [1.54, 1.807) is 0 Å². The molecule has 2 heteroatoms. The van der Waals surface area contributed by atoms with Crippen LogP contribution in [0.3, 0.4) is 0 Å². The normalized spacial score (nSPS) is 13.0. The molecule has 0 bridgehead atoms. The van der Waals surface area contributed by atoms with Gasteiger partial charge in [-0.3, -0.25) is 0 Å². The van der Waals surface area contributed by atoms with E-state index in [1.807, 2.05) is 0 Å². The molecular formula is C15H24BrN. The van der Waals surface area contributed by atoms with E-state index in [2.05, 4.69) is 66.3 Å². The van der Waals surface area contributed by atoms with Crippen LogP contribution < -0.4 is 5.32 Å². The summed E-state index contributed by atoms with van der Waals surface area (Å²) in [4.78, 5) is 0. The van der Waals surface area contributed by atoms with Crippen molar-refractivity contribution in [2.45, 2.75) is 39.5 Å². The average molecular weight is 298 g/mol. The van der Waals surface area contributed by atoms with Crippen molar-refractivity contribution in [1.29, 1.82) is 0 Å². The van der Waals surface area contributed by atoms with Crippen LogP contribution in [-0.2, 0) is 0 Å². The van der Waals surface area contributed by atoms with Gasteiger partial charge in [-0.15, -0.1) is 0 Å². The average Bonchev–Trinajstić information content (AvgIpc) is 2.28. The van der Waals surface area contributed by atoms with Crippen molar-refractivity contribution in [3.05, 3.63) is 34.3 Å². The maximum Gasteiger partial charge on any atom is 0.0210 e. The second kappa shape index (κ2) is 7.88. The van der Waals surface area contributed by atoms with Crippen molar-refractivity contribution in [1.82, 2.24) is 5.32 Å². The van der Waals surface area contributed by atoms with Crippen molar-refractivity contribution in [2.24, 2.45) is 5.92 Å². The monoisotopic (exact) mass is 297 g/mol. The SMILES string of the molecule is CCCC(CNCC(C)C)c1ccccc1Br. The molecule has 96 valence electrons. The first-order valence-corrected chi connectivity index (χ1v) is 7.39. The summed E-state index contributed by atoms with van der Waals surface area (Å²) in [6.45, 7) is 8.94. The molecule has 0 saturated heterocycles. The topological polar surface area (TPSA) is 12.0 Å². The van der Waals surface area contributed by atoms with Gasteiger partial charge >= 0.3 is 0 Å². The lowest BCUT2D eigenvalue weighted by atomic mass is 9.94. The predicted molar refractivity (Wildman–Crippen MR) is 79.5 cm³/mol. The van der Waals surface area contributed by atoms with Gasteiger partial charge < -0.3 is 5.32 Å². The highest BCUT2D eigenvalue weighted by Crippen LogP contribution is 2.27. The molecule has 0 fully saturated rings. The number of rotatable bonds is 7. The number of nitrogens with one attached hydrogen (secondary N) is 1. The molecule has 1 rings (SSSR count). The fraction of sp³-hybridized carbons (Fsp3) is 0.600. The van der Waals surface area contributed by atoms with Crippen molar-refractivity contribution >= 4 is 15.9 Å². The highest BCUT2D eigenvalue weighted by atomic mass is 79.9. The van der Waals surface area contributed by atoms with Gasteiger partial charge in [-0.25, -0.2) is 0 Å². The zero-order valence-corrected chi connectivity index (χ0v) is 12.8. The van der Waals surface area contributed by atoms with Crippen molar-refractivity contribution in [3.8, 4) is 0 Å². The van der Waals surface area contributed by atoms with Crippen LogP contribution >= 0.6 is 15.9 Å². The molecule has 17 heavy (non-hydrogen) atoms. The van der Waals surface area contributed by atoms with Crippen LogP contribution in [0.5, 0.6) is 0 Å². The van der Waals surface area contributed by atoms with Crippen molar-refractivity contribution < 1.29 is 0 Å². The Bertz CT molecular complexity index is 322. The molecule has 0 spiro atoms.